The summed E-state index contributed by atoms with van der Waals surface area (Å²) in [7, 11) is 1.98. The molecule has 2 rings (SSSR count). The van der Waals surface area contributed by atoms with Crippen molar-refractivity contribution in [3.05, 3.63) is 45.7 Å². The van der Waals surface area contributed by atoms with Gasteiger partial charge in [-0.2, -0.15) is 0 Å². The van der Waals surface area contributed by atoms with E-state index >= 15 is 0 Å². The molecule has 0 amide bonds. The van der Waals surface area contributed by atoms with Gasteiger partial charge in [0.05, 0.1) is 0 Å². The van der Waals surface area contributed by atoms with Crippen molar-refractivity contribution in [2.24, 2.45) is 0 Å². The Hall–Kier alpha value is -1.26. The second kappa shape index (κ2) is 6.95. The summed E-state index contributed by atoms with van der Waals surface area (Å²) in [5.74, 6) is 0.804. The van der Waals surface area contributed by atoms with Crippen LogP contribution in [0.3, 0.4) is 0 Å². The number of rotatable bonds is 5. The highest BCUT2D eigenvalue weighted by Gasteiger charge is 2.10. The zero-order valence-electron chi connectivity index (χ0n) is 12.2. The monoisotopic (exact) mass is 333 g/mol. The molecule has 106 valence electrons. The van der Waals surface area contributed by atoms with Gasteiger partial charge < -0.3 is 5.32 Å². The van der Waals surface area contributed by atoms with E-state index in [2.05, 4.69) is 51.1 Å². The van der Waals surface area contributed by atoms with E-state index in [4.69, 9.17) is 0 Å². The number of hydrogen-bond donors (Lipinski definition) is 1. The molecule has 0 fully saturated rings. The minimum atomic E-state index is 0.804. The predicted molar refractivity (Wildman–Crippen MR) is 86.9 cm³/mol. The Morgan fingerprint density at radius 3 is 2.45 bits per heavy atom. The van der Waals surface area contributed by atoms with Gasteiger partial charge in [0, 0.05) is 21.4 Å². The van der Waals surface area contributed by atoms with E-state index in [-0.39, 0.29) is 0 Å². The molecule has 4 heteroatoms. The van der Waals surface area contributed by atoms with Gasteiger partial charge in [0.1, 0.15) is 0 Å². The van der Waals surface area contributed by atoms with Crippen LogP contribution in [0.1, 0.15) is 23.4 Å². The second-order valence-electron chi connectivity index (χ2n) is 4.91. The molecular weight excluding hydrogens is 314 g/mol. The Morgan fingerprint density at radius 1 is 1.15 bits per heavy atom. The molecule has 2 aromatic rings. The predicted octanol–water partition coefficient (Wildman–Crippen LogP) is 3.67. The number of benzene rings is 1. The molecule has 0 aliphatic rings. The normalized spacial score (nSPS) is 10.8. The van der Waals surface area contributed by atoms with Crippen LogP contribution in [0.2, 0.25) is 0 Å². The minimum Gasteiger partial charge on any atom is -0.320 e. The molecule has 0 aliphatic heterocycles. The molecule has 20 heavy (non-hydrogen) atoms. The molecule has 1 N–H and O–H groups in total. The highest BCUT2D eigenvalue weighted by atomic mass is 79.9. The van der Waals surface area contributed by atoms with Crippen molar-refractivity contribution < 1.29 is 0 Å². The Morgan fingerprint density at radius 2 is 1.85 bits per heavy atom. The topological polar surface area (TPSA) is 37.8 Å². The first kappa shape index (κ1) is 15.1. The van der Waals surface area contributed by atoms with Crippen LogP contribution in [0.5, 0.6) is 0 Å². The molecule has 0 atom stereocenters. The molecule has 0 bridgehead atoms. The molecule has 0 unspecified atom stereocenters. The first-order chi connectivity index (χ1) is 9.61. The Bertz CT molecular complexity index is 573. The van der Waals surface area contributed by atoms with E-state index in [0.29, 0.717) is 0 Å². The molecule has 1 heterocycles. The summed E-state index contributed by atoms with van der Waals surface area (Å²) in [6, 6.07) is 8.11. The van der Waals surface area contributed by atoms with Crippen molar-refractivity contribution in [1.29, 1.82) is 0 Å². The first-order valence-electron chi connectivity index (χ1n) is 6.86. The average Bonchev–Trinajstić information content (AvgIpc) is 2.41. The Labute approximate surface area is 129 Å². The quantitative estimate of drug-likeness (QED) is 0.848. The smallest absolute Gasteiger partial charge is 0.159 e. The maximum absolute atomic E-state index is 4.67. The zero-order chi connectivity index (χ0) is 14.5. The number of nitrogens with zero attached hydrogens (tertiary/aromatic N) is 2. The van der Waals surface area contributed by atoms with Crippen LogP contribution < -0.4 is 5.32 Å². The van der Waals surface area contributed by atoms with Crippen molar-refractivity contribution in [2.45, 2.75) is 26.7 Å². The standard InChI is InChI=1S/C16H20BrN3/c1-11-15(8-5-9-18-3)12(2)20-16(19-11)13-6-4-7-14(17)10-13/h4,6-7,10,18H,5,8-9H2,1-3H3. The maximum atomic E-state index is 4.67. The van der Waals surface area contributed by atoms with Crippen molar-refractivity contribution in [1.82, 2.24) is 15.3 Å². The van der Waals surface area contributed by atoms with Crippen molar-refractivity contribution in [3.63, 3.8) is 0 Å². The molecule has 0 radical (unpaired) electrons. The molecule has 1 aromatic carbocycles. The third-order valence-electron chi connectivity index (χ3n) is 3.36. The van der Waals surface area contributed by atoms with Gasteiger partial charge in [-0.15, -0.1) is 0 Å². The lowest BCUT2D eigenvalue weighted by molar-refractivity contribution is 0.715. The fourth-order valence-electron chi connectivity index (χ4n) is 2.30. The van der Waals surface area contributed by atoms with Crippen LogP contribution in [0.15, 0.2) is 28.7 Å². The summed E-state index contributed by atoms with van der Waals surface area (Å²) < 4.78 is 1.05. The minimum absolute atomic E-state index is 0.804. The van der Waals surface area contributed by atoms with Gasteiger partial charge in [0.15, 0.2) is 5.82 Å². The summed E-state index contributed by atoms with van der Waals surface area (Å²) in [4.78, 5) is 9.34. The summed E-state index contributed by atoms with van der Waals surface area (Å²) in [6.45, 7) is 5.17. The fraction of sp³-hybridized carbons (Fsp3) is 0.375. The van der Waals surface area contributed by atoms with Crippen LogP contribution in [0.4, 0.5) is 0 Å². The van der Waals surface area contributed by atoms with E-state index in [1.165, 1.54) is 5.56 Å². The molecule has 0 saturated heterocycles. The zero-order valence-corrected chi connectivity index (χ0v) is 13.8. The van der Waals surface area contributed by atoms with Gasteiger partial charge in [-0.05, 0) is 58.0 Å². The highest BCUT2D eigenvalue weighted by Crippen LogP contribution is 2.22. The summed E-state index contributed by atoms with van der Waals surface area (Å²) in [5, 5.41) is 3.17. The van der Waals surface area contributed by atoms with Crippen molar-refractivity contribution >= 4 is 15.9 Å². The number of hydrogen-bond acceptors (Lipinski definition) is 3. The molecule has 0 saturated carbocycles. The lowest BCUT2D eigenvalue weighted by atomic mass is 10.1. The third-order valence-corrected chi connectivity index (χ3v) is 3.85. The van der Waals surface area contributed by atoms with Gasteiger partial charge in [0.25, 0.3) is 0 Å². The van der Waals surface area contributed by atoms with Crippen molar-refractivity contribution in [2.75, 3.05) is 13.6 Å². The van der Waals surface area contributed by atoms with Crippen LogP contribution in [0, 0.1) is 13.8 Å². The summed E-state index contributed by atoms with van der Waals surface area (Å²) in [6.07, 6.45) is 2.13. The first-order valence-corrected chi connectivity index (χ1v) is 7.65. The second-order valence-corrected chi connectivity index (χ2v) is 5.83. The van der Waals surface area contributed by atoms with E-state index < -0.39 is 0 Å². The van der Waals surface area contributed by atoms with E-state index in [9.17, 15) is 0 Å². The number of aromatic nitrogens is 2. The van der Waals surface area contributed by atoms with Crippen LogP contribution in [-0.2, 0) is 6.42 Å². The van der Waals surface area contributed by atoms with Crippen LogP contribution >= 0.6 is 15.9 Å². The van der Waals surface area contributed by atoms with E-state index in [0.717, 1.165) is 46.6 Å². The fourth-order valence-corrected chi connectivity index (χ4v) is 2.70. The average molecular weight is 334 g/mol. The Kier molecular flexibility index (Phi) is 5.26. The number of aryl methyl sites for hydroxylation is 2. The largest absolute Gasteiger partial charge is 0.320 e. The van der Waals surface area contributed by atoms with Gasteiger partial charge in [0.2, 0.25) is 0 Å². The SMILES string of the molecule is CNCCCc1c(C)nc(-c2cccc(Br)c2)nc1C. The van der Waals surface area contributed by atoms with Crippen LogP contribution in [-0.4, -0.2) is 23.6 Å². The van der Waals surface area contributed by atoms with E-state index in [1.54, 1.807) is 0 Å². The molecule has 3 nitrogen and oxygen atoms in total. The highest BCUT2D eigenvalue weighted by molar-refractivity contribution is 9.10. The summed E-state index contributed by atoms with van der Waals surface area (Å²) >= 11 is 3.49. The van der Waals surface area contributed by atoms with E-state index in [1.807, 2.05) is 25.2 Å². The molecule has 0 spiro atoms. The van der Waals surface area contributed by atoms with Crippen LogP contribution in [0.25, 0.3) is 11.4 Å². The van der Waals surface area contributed by atoms with Gasteiger partial charge >= 0.3 is 0 Å². The molecule has 1 aromatic heterocycles. The number of nitrogens with one attached hydrogen (secondary N) is 1. The van der Waals surface area contributed by atoms with Gasteiger partial charge in [-0.1, -0.05) is 28.1 Å². The van der Waals surface area contributed by atoms with Gasteiger partial charge in [-0.25, -0.2) is 9.97 Å². The maximum Gasteiger partial charge on any atom is 0.159 e. The molecular formula is C16H20BrN3. The Balaban J connectivity index is 2.30. The van der Waals surface area contributed by atoms with Gasteiger partial charge in [-0.3, -0.25) is 0 Å². The molecule has 0 aliphatic carbocycles. The lowest BCUT2D eigenvalue weighted by Gasteiger charge is -2.11. The van der Waals surface area contributed by atoms with Crippen molar-refractivity contribution in [3.8, 4) is 11.4 Å². The lowest BCUT2D eigenvalue weighted by Crippen LogP contribution is -2.10. The summed E-state index contributed by atoms with van der Waals surface area (Å²) in [5.41, 5.74) is 4.50. The number of halogens is 1. The third kappa shape index (κ3) is 3.64.